The number of aromatic amines is 1. The maximum atomic E-state index is 11.6. The van der Waals surface area contributed by atoms with E-state index in [-0.39, 0.29) is 16.8 Å². The van der Waals surface area contributed by atoms with E-state index in [2.05, 4.69) is 5.10 Å². The van der Waals surface area contributed by atoms with Crippen molar-refractivity contribution in [2.45, 2.75) is 6.92 Å². The van der Waals surface area contributed by atoms with E-state index in [1.54, 1.807) is 13.0 Å². The molecule has 4 N–H and O–H groups in total. The third-order valence-corrected chi connectivity index (χ3v) is 2.37. The second-order valence-electron chi connectivity index (χ2n) is 3.69. The fraction of sp³-hybridized carbons (Fsp3) is 0.0909. The lowest BCUT2D eigenvalue weighted by molar-refractivity contribution is 0.0698. The summed E-state index contributed by atoms with van der Waals surface area (Å²) >= 11 is 0. The molecule has 0 atom stereocenters. The second-order valence-corrected chi connectivity index (χ2v) is 3.69. The van der Waals surface area contributed by atoms with Crippen LogP contribution in [0.3, 0.4) is 0 Å². The number of nitrogen functional groups attached to an aromatic ring is 1. The van der Waals surface area contributed by atoms with Crippen LogP contribution in [0.4, 0.5) is 5.69 Å². The minimum absolute atomic E-state index is 0.0262. The van der Waals surface area contributed by atoms with Crippen molar-refractivity contribution in [3.05, 3.63) is 45.9 Å². The molecule has 1 aromatic carbocycles. The monoisotopic (exact) mass is 233 g/mol. The van der Waals surface area contributed by atoms with Crippen molar-refractivity contribution in [2.24, 2.45) is 0 Å². The van der Waals surface area contributed by atoms with Gasteiger partial charge in [-0.2, -0.15) is 0 Å². The molecule has 6 heteroatoms. The minimum atomic E-state index is -1.12. The lowest BCUT2D eigenvalue weighted by atomic mass is 10.1. The molecular formula is C11H11N3O3. The van der Waals surface area contributed by atoms with E-state index in [0.29, 0.717) is 11.4 Å². The predicted molar refractivity (Wildman–Crippen MR) is 62.5 cm³/mol. The van der Waals surface area contributed by atoms with E-state index >= 15 is 0 Å². The average Bonchev–Trinajstić information content (AvgIpc) is 2.58. The number of nitrogens with one attached hydrogen (secondary N) is 1. The number of anilines is 1. The molecule has 0 aliphatic carbocycles. The van der Waals surface area contributed by atoms with E-state index < -0.39 is 5.97 Å². The Labute approximate surface area is 96.3 Å². The van der Waals surface area contributed by atoms with Crippen LogP contribution in [0, 0.1) is 6.92 Å². The van der Waals surface area contributed by atoms with E-state index in [4.69, 9.17) is 10.8 Å². The molecule has 0 unspecified atom stereocenters. The van der Waals surface area contributed by atoms with Gasteiger partial charge in [0.25, 0.3) is 5.56 Å². The van der Waals surface area contributed by atoms with Crippen molar-refractivity contribution in [2.75, 3.05) is 5.73 Å². The molecule has 0 radical (unpaired) electrons. The molecule has 0 fully saturated rings. The number of nitrogens with zero attached hydrogens (tertiary/aromatic N) is 1. The quantitative estimate of drug-likeness (QED) is 0.666. The van der Waals surface area contributed by atoms with Crippen LogP contribution in [0.25, 0.3) is 5.69 Å². The molecule has 2 rings (SSSR count). The summed E-state index contributed by atoms with van der Waals surface area (Å²) in [5.41, 5.74) is 6.56. The Kier molecular flexibility index (Phi) is 2.47. The first kappa shape index (κ1) is 11.0. The number of aryl methyl sites for hydroxylation is 1. The molecule has 0 aliphatic heterocycles. The largest absolute Gasteiger partial charge is 0.478 e. The molecule has 0 amide bonds. The van der Waals surface area contributed by atoms with Crippen LogP contribution in [-0.2, 0) is 0 Å². The van der Waals surface area contributed by atoms with Crippen molar-refractivity contribution in [1.29, 1.82) is 0 Å². The zero-order chi connectivity index (χ0) is 12.6. The molecule has 0 saturated heterocycles. The van der Waals surface area contributed by atoms with Crippen LogP contribution >= 0.6 is 0 Å². The van der Waals surface area contributed by atoms with Gasteiger partial charge in [0.2, 0.25) is 0 Å². The zero-order valence-corrected chi connectivity index (χ0v) is 9.10. The highest BCUT2D eigenvalue weighted by Crippen LogP contribution is 2.16. The molecular weight excluding hydrogens is 222 g/mol. The van der Waals surface area contributed by atoms with Crippen LogP contribution in [0.1, 0.15) is 16.1 Å². The number of carboxylic acid groups (broad SMARTS) is 1. The minimum Gasteiger partial charge on any atom is -0.478 e. The highest BCUT2D eigenvalue weighted by molar-refractivity contribution is 5.94. The fourth-order valence-electron chi connectivity index (χ4n) is 1.57. The number of carboxylic acids is 1. The first-order chi connectivity index (χ1) is 7.99. The summed E-state index contributed by atoms with van der Waals surface area (Å²) in [4.78, 5) is 22.5. The second kappa shape index (κ2) is 3.82. The number of nitrogens with two attached hydrogens (primary N) is 1. The first-order valence-electron chi connectivity index (χ1n) is 4.91. The standard InChI is InChI=1S/C11H11N3O3/c1-6-4-10(15)14(13-6)7-2-3-9(12)8(5-7)11(16)17/h2-5,13H,12H2,1H3,(H,16,17). The molecule has 17 heavy (non-hydrogen) atoms. The Morgan fingerprint density at radius 1 is 1.41 bits per heavy atom. The van der Waals surface area contributed by atoms with Gasteiger partial charge in [0, 0.05) is 17.4 Å². The van der Waals surface area contributed by atoms with Crippen molar-refractivity contribution in [1.82, 2.24) is 9.78 Å². The number of benzene rings is 1. The van der Waals surface area contributed by atoms with Gasteiger partial charge in [-0.25, -0.2) is 9.48 Å². The Balaban J connectivity index is 2.61. The van der Waals surface area contributed by atoms with E-state index in [9.17, 15) is 9.59 Å². The number of hydrogen-bond donors (Lipinski definition) is 3. The third kappa shape index (κ3) is 1.92. The van der Waals surface area contributed by atoms with Gasteiger partial charge < -0.3 is 10.8 Å². The summed E-state index contributed by atoms with van der Waals surface area (Å²) in [5.74, 6) is -1.12. The van der Waals surface area contributed by atoms with Gasteiger partial charge in [-0.1, -0.05) is 0 Å². The Morgan fingerprint density at radius 3 is 2.65 bits per heavy atom. The SMILES string of the molecule is Cc1cc(=O)n(-c2ccc(N)c(C(=O)O)c2)[nH]1. The zero-order valence-electron chi connectivity index (χ0n) is 9.10. The smallest absolute Gasteiger partial charge is 0.337 e. The van der Waals surface area contributed by atoms with Gasteiger partial charge >= 0.3 is 5.97 Å². The number of aromatic carboxylic acids is 1. The Hall–Kier alpha value is -2.50. The maximum absolute atomic E-state index is 11.6. The number of rotatable bonds is 2. The van der Waals surface area contributed by atoms with Crippen molar-refractivity contribution >= 4 is 11.7 Å². The van der Waals surface area contributed by atoms with Crippen LogP contribution in [-0.4, -0.2) is 20.9 Å². The maximum Gasteiger partial charge on any atom is 0.337 e. The lowest BCUT2D eigenvalue weighted by Crippen LogP contribution is -2.14. The molecule has 0 spiro atoms. The molecule has 1 heterocycles. The van der Waals surface area contributed by atoms with Crippen LogP contribution < -0.4 is 11.3 Å². The van der Waals surface area contributed by atoms with Gasteiger partial charge in [0.15, 0.2) is 0 Å². The summed E-state index contributed by atoms with van der Waals surface area (Å²) < 4.78 is 1.27. The van der Waals surface area contributed by atoms with Gasteiger partial charge in [0.05, 0.1) is 11.3 Å². The predicted octanol–water partition coefficient (Wildman–Crippen LogP) is 0.754. The highest BCUT2D eigenvalue weighted by Gasteiger charge is 2.10. The van der Waals surface area contributed by atoms with E-state index in [0.717, 1.165) is 0 Å². The molecule has 0 saturated carbocycles. The number of hydrogen-bond acceptors (Lipinski definition) is 3. The van der Waals surface area contributed by atoms with Gasteiger partial charge in [-0.15, -0.1) is 0 Å². The van der Waals surface area contributed by atoms with Crippen molar-refractivity contribution in [3.63, 3.8) is 0 Å². The summed E-state index contributed by atoms with van der Waals surface area (Å²) in [6, 6.07) is 5.83. The number of aromatic nitrogens is 2. The molecule has 0 bridgehead atoms. The summed E-state index contributed by atoms with van der Waals surface area (Å²) in [5, 5.41) is 11.8. The van der Waals surface area contributed by atoms with Crippen molar-refractivity contribution < 1.29 is 9.90 Å². The summed E-state index contributed by atoms with van der Waals surface area (Å²) in [6.07, 6.45) is 0. The first-order valence-corrected chi connectivity index (χ1v) is 4.91. The van der Waals surface area contributed by atoms with Crippen LogP contribution in [0.5, 0.6) is 0 Å². The molecule has 2 aromatic rings. The fourth-order valence-corrected chi connectivity index (χ4v) is 1.57. The molecule has 88 valence electrons. The Morgan fingerprint density at radius 2 is 2.12 bits per heavy atom. The highest BCUT2D eigenvalue weighted by atomic mass is 16.4. The Bertz CT molecular complexity index is 640. The van der Waals surface area contributed by atoms with Crippen LogP contribution in [0.15, 0.2) is 29.1 Å². The van der Waals surface area contributed by atoms with Crippen molar-refractivity contribution in [3.8, 4) is 5.69 Å². The number of carbonyl (C=O) groups is 1. The molecule has 0 aliphatic rings. The molecule has 6 nitrogen and oxygen atoms in total. The lowest BCUT2D eigenvalue weighted by Gasteiger charge is -2.05. The normalized spacial score (nSPS) is 10.4. The number of H-pyrrole nitrogens is 1. The topological polar surface area (TPSA) is 101 Å². The van der Waals surface area contributed by atoms with Gasteiger partial charge in [-0.05, 0) is 25.1 Å². The van der Waals surface area contributed by atoms with Crippen LogP contribution in [0.2, 0.25) is 0 Å². The summed E-state index contributed by atoms with van der Waals surface area (Å²) in [6.45, 7) is 1.74. The van der Waals surface area contributed by atoms with Gasteiger partial charge in [-0.3, -0.25) is 9.89 Å². The summed E-state index contributed by atoms with van der Waals surface area (Å²) in [7, 11) is 0. The van der Waals surface area contributed by atoms with Gasteiger partial charge in [0.1, 0.15) is 0 Å². The van der Waals surface area contributed by atoms with E-state index in [1.165, 1.54) is 22.9 Å². The third-order valence-electron chi connectivity index (χ3n) is 2.37. The average molecular weight is 233 g/mol. The molecule has 1 aromatic heterocycles. The van der Waals surface area contributed by atoms with E-state index in [1.807, 2.05) is 0 Å².